The van der Waals surface area contributed by atoms with Crippen LogP contribution in [0.4, 0.5) is 5.69 Å². The lowest BCUT2D eigenvalue weighted by atomic mass is 9.98. The first-order chi connectivity index (χ1) is 24.7. The van der Waals surface area contributed by atoms with E-state index in [1.54, 1.807) is 62.4 Å². The van der Waals surface area contributed by atoms with Crippen LogP contribution < -0.4 is 32.3 Å². The number of anilines is 1. The smallest absolute Gasteiger partial charge is 0.243 e. The van der Waals surface area contributed by atoms with Crippen LogP contribution in [-0.2, 0) is 36.8 Å². The molecule has 0 aliphatic carbocycles. The van der Waals surface area contributed by atoms with Crippen LogP contribution in [0.3, 0.4) is 0 Å². The van der Waals surface area contributed by atoms with E-state index < -0.39 is 65.7 Å². The van der Waals surface area contributed by atoms with E-state index in [9.17, 15) is 33.9 Å². The molecule has 3 rings (SSSR count). The van der Waals surface area contributed by atoms with Gasteiger partial charge < -0.3 is 37.4 Å². The van der Waals surface area contributed by atoms with Gasteiger partial charge in [-0.2, -0.15) is 0 Å². The van der Waals surface area contributed by atoms with Gasteiger partial charge in [0.1, 0.15) is 36.0 Å². The Labute approximate surface area is 304 Å². The number of hydrogen-bond acceptors (Lipinski definition) is 8. The molecule has 13 heteroatoms. The Morgan fingerprint density at radius 3 is 1.65 bits per heavy atom. The summed E-state index contributed by atoms with van der Waals surface area (Å²) in [5.41, 5.74) is 7.36. The normalized spacial score (nSPS) is 13.9. The largest absolute Gasteiger partial charge is 0.508 e. The zero-order chi connectivity index (χ0) is 38.4. The topological polar surface area (TPSA) is 209 Å². The fourth-order valence-electron chi connectivity index (χ4n) is 5.49. The van der Waals surface area contributed by atoms with Gasteiger partial charge in [0.25, 0.3) is 0 Å². The highest BCUT2D eigenvalue weighted by Gasteiger charge is 2.33. The third kappa shape index (κ3) is 12.6. The molecule has 0 unspecified atom stereocenters. The molecule has 278 valence electrons. The average molecular weight is 715 g/mol. The minimum Gasteiger partial charge on any atom is -0.508 e. The van der Waals surface area contributed by atoms with Crippen molar-refractivity contribution in [3.05, 3.63) is 95.6 Å². The number of benzene rings is 3. The molecule has 3 aromatic carbocycles. The predicted octanol–water partition coefficient (Wildman–Crippen LogP) is 2.62. The third-order valence-corrected chi connectivity index (χ3v) is 8.38. The molecule has 52 heavy (non-hydrogen) atoms. The molecule has 0 aliphatic rings. The minimum absolute atomic E-state index is 0.0394. The number of carbonyl (C=O) groups excluding carboxylic acids is 6. The Morgan fingerprint density at radius 1 is 0.673 bits per heavy atom. The van der Waals surface area contributed by atoms with Gasteiger partial charge in [0.2, 0.25) is 29.5 Å². The van der Waals surface area contributed by atoms with E-state index in [4.69, 9.17) is 5.73 Å². The first-order valence-electron chi connectivity index (χ1n) is 17.3. The maximum atomic E-state index is 14.0. The quantitative estimate of drug-likeness (QED) is 0.0917. The van der Waals surface area contributed by atoms with Gasteiger partial charge in [-0.25, -0.2) is 0 Å². The van der Waals surface area contributed by atoms with Gasteiger partial charge in [-0.15, -0.1) is 0 Å². The van der Waals surface area contributed by atoms with Crippen molar-refractivity contribution in [1.29, 1.82) is 0 Å². The minimum atomic E-state index is -1.17. The fraction of sp³-hybridized carbons (Fsp3) is 0.385. The molecular weight excluding hydrogens is 664 g/mol. The Kier molecular flexibility index (Phi) is 15.4. The van der Waals surface area contributed by atoms with E-state index in [0.29, 0.717) is 12.7 Å². The van der Waals surface area contributed by atoms with E-state index in [0.717, 1.165) is 11.1 Å². The van der Waals surface area contributed by atoms with Crippen LogP contribution in [0.2, 0.25) is 0 Å². The van der Waals surface area contributed by atoms with Crippen LogP contribution in [0, 0.1) is 11.8 Å². The van der Waals surface area contributed by atoms with Crippen molar-refractivity contribution in [1.82, 2.24) is 21.3 Å². The van der Waals surface area contributed by atoms with Crippen LogP contribution in [0.15, 0.2) is 78.9 Å². The number of nitrogens with one attached hydrogen (secondary N) is 5. The number of primary amides is 1. The van der Waals surface area contributed by atoms with E-state index in [1.165, 1.54) is 25.1 Å². The van der Waals surface area contributed by atoms with Gasteiger partial charge in [-0.3, -0.25) is 28.8 Å². The van der Waals surface area contributed by atoms with Gasteiger partial charge in [0.15, 0.2) is 6.29 Å². The summed E-state index contributed by atoms with van der Waals surface area (Å²) in [6.45, 7) is 8.78. The molecule has 0 aromatic heterocycles. The molecule has 0 spiro atoms. The average Bonchev–Trinajstić information content (AvgIpc) is 3.10. The van der Waals surface area contributed by atoms with Crippen LogP contribution in [0.5, 0.6) is 5.75 Å². The molecule has 5 amide bonds. The summed E-state index contributed by atoms with van der Waals surface area (Å²) in [6, 6.07) is 16.9. The van der Waals surface area contributed by atoms with E-state index in [1.807, 2.05) is 26.0 Å². The van der Waals surface area contributed by atoms with Crippen molar-refractivity contribution in [2.24, 2.45) is 17.6 Å². The standard InChI is InChI=1S/C39H50N6O7/c1-23(2)18-31(42-30-21-29(47)17-16-28(30)22-46)38(51)45-34(24(3)4)39(52)44-33(20-27-14-10-7-11-15-27)37(50)43-32(19-26-12-8-6-9-13-26)36(49)41-25(5)35(40)48/h6-17,21-25,31-34,42,47H,18-20H2,1-5H3,(H2,40,48)(H,41,49)(H,43,50)(H,44,52)(H,45,51)/t25-,31-,32-,33-,34-/m1/s1. The molecule has 8 N–H and O–H groups in total. The second-order valence-electron chi connectivity index (χ2n) is 13.6. The van der Waals surface area contributed by atoms with Crippen molar-refractivity contribution in [3.8, 4) is 5.75 Å². The molecule has 0 bridgehead atoms. The summed E-state index contributed by atoms with van der Waals surface area (Å²) in [7, 11) is 0. The Morgan fingerprint density at radius 2 is 1.17 bits per heavy atom. The maximum absolute atomic E-state index is 14.0. The summed E-state index contributed by atoms with van der Waals surface area (Å²) >= 11 is 0. The number of aldehydes is 1. The lowest BCUT2D eigenvalue weighted by molar-refractivity contribution is -0.134. The van der Waals surface area contributed by atoms with Crippen molar-refractivity contribution in [2.45, 2.75) is 84.1 Å². The number of phenols is 1. The summed E-state index contributed by atoms with van der Waals surface area (Å²) in [4.78, 5) is 78.5. The van der Waals surface area contributed by atoms with Gasteiger partial charge in [0, 0.05) is 30.2 Å². The highest BCUT2D eigenvalue weighted by Crippen LogP contribution is 2.23. The van der Waals surface area contributed by atoms with Gasteiger partial charge in [-0.05, 0) is 48.4 Å². The van der Waals surface area contributed by atoms with Crippen LogP contribution in [-0.4, -0.2) is 71.1 Å². The van der Waals surface area contributed by atoms with Crippen LogP contribution >= 0.6 is 0 Å². The van der Waals surface area contributed by atoms with Crippen LogP contribution in [0.25, 0.3) is 0 Å². The molecule has 0 aliphatic heterocycles. The summed E-state index contributed by atoms with van der Waals surface area (Å²) in [6.07, 6.45) is 1.11. The molecule has 13 nitrogen and oxygen atoms in total. The fourth-order valence-corrected chi connectivity index (χ4v) is 5.49. The first-order valence-corrected chi connectivity index (χ1v) is 17.3. The Bertz CT molecular complexity index is 1680. The van der Waals surface area contributed by atoms with E-state index >= 15 is 0 Å². The SMILES string of the molecule is CC(C)C[C@@H](Nc1cc(O)ccc1C=O)C(=O)N[C@@H](C(=O)N[C@H](Cc1ccccc1)C(=O)N[C@H](Cc1ccccc1)C(=O)N[C@H](C)C(N)=O)C(C)C. The van der Waals surface area contributed by atoms with Crippen LogP contribution in [0.1, 0.15) is 62.5 Å². The summed E-state index contributed by atoms with van der Waals surface area (Å²) in [5, 5.41) is 24.0. The first kappa shape index (κ1) is 40.7. The number of rotatable bonds is 19. The molecule has 0 saturated carbocycles. The number of hydrogen-bond donors (Lipinski definition) is 7. The number of nitrogens with two attached hydrogens (primary N) is 1. The van der Waals surface area contributed by atoms with Crippen molar-refractivity contribution >= 4 is 41.5 Å². The number of amides is 5. The molecule has 5 atom stereocenters. The van der Waals surface area contributed by atoms with Gasteiger partial charge in [-0.1, -0.05) is 88.4 Å². The van der Waals surface area contributed by atoms with Crippen molar-refractivity contribution in [3.63, 3.8) is 0 Å². The highest BCUT2D eigenvalue weighted by molar-refractivity contribution is 5.96. The Balaban J connectivity index is 1.88. The molecule has 3 aromatic rings. The van der Waals surface area contributed by atoms with Crippen molar-refractivity contribution in [2.75, 3.05) is 5.32 Å². The number of phenolic OH excluding ortho intramolecular Hbond substituents is 1. The zero-order valence-corrected chi connectivity index (χ0v) is 30.2. The van der Waals surface area contributed by atoms with Gasteiger partial charge >= 0.3 is 0 Å². The maximum Gasteiger partial charge on any atom is 0.243 e. The lowest BCUT2D eigenvalue weighted by Gasteiger charge is -2.29. The summed E-state index contributed by atoms with van der Waals surface area (Å²) < 4.78 is 0. The predicted molar refractivity (Wildman–Crippen MR) is 198 cm³/mol. The molecule has 0 fully saturated rings. The van der Waals surface area contributed by atoms with Gasteiger partial charge in [0.05, 0.1) is 0 Å². The van der Waals surface area contributed by atoms with E-state index in [-0.39, 0.29) is 35.8 Å². The third-order valence-electron chi connectivity index (χ3n) is 8.38. The summed E-state index contributed by atoms with van der Waals surface area (Å²) in [5.74, 6) is -3.64. The molecular formula is C39H50N6O7. The monoisotopic (exact) mass is 714 g/mol. The van der Waals surface area contributed by atoms with E-state index in [2.05, 4.69) is 26.6 Å². The highest BCUT2D eigenvalue weighted by atomic mass is 16.3. The number of carbonyl (C=O) groups is 6. The molecule has 0 saturated heterocycles. The molecule has 0 radical (unpaired) electrons. The second kappa shape index (κ2) is 19.6. The number of aromatic hydroxyl groups is 1. The second-order valence-corrected chi connectivity index (χ2v) is 13.6. The lowest BCUT2D eigenvalue weighted by Crippen LogP contribution is -2.60. The molecule has 0 heterocycles. The zero-order valence-electron chi connectivity index (χ0n) is 30.2. The van der Waals surface area contributed by atoms with Crippen molar-refractivity contribution < 1.29 is 33.9 Å². The Hall–Kier alpha value is -5.72.